The van der Waals surface area contributed by atoms with E-state index in [1.165, 1.54) is 0 Å². The third-order valence-corrected chi connectivity index (χ3v) is 3.65. The van der Waals surface area contributed by atoms with Crippen LogP contribution in [0.3, 0.4) is 0 Å². The van der Waals surface area contributed by atoms with E-state index in [9.17, 15) is 9.59 Å². The highest BCUT2D eigenvalue weighted by molar-refractivity contribution is 5.91. The van der Waals surface area contributed by atoms with E-state index in [-0.39, 0.29) is 11.8 Å². The van der Waals surface area contributed by atoms with Gasteiger partial charge in [-0.2, -0.15) is 0 Å². The van der Waals surface area contributed by atoms with E-state index in [2.05, 4.69) is 19.2 Å². The number of benzene rings is 1. The number of nitrogens with two attached hydrogens (primary N) is 1. The average Bonchev–Trinajstić information content (AvgIpc) is 2.54. The zero-order valence-corrected chi connectivity index (χ0v) is 14.9. The van der Waals surface area contributed by atoms with Crippen LogP contribution >= 0.6 is 0 Å². The number of hydrogen-bond donors (Lipinski definition) is 2. The minimum Gasteiger partial charge on any atom is -0.495 e. The van der Waals surface area contributed by atoms with Gasteiger partial charge in [0.25, 0.3) is 0 Å². The fourth-order valence-electron chi connectivity index (χ4n) is 2.49. The van der Waals surface area contributed by atoms with Crippen LogP contribution in [0.15, 0.2) is 18.2 Å². The van der Waals surface area contributed by atoms with Crippen LogP contribution in [0.1, 0.15) is 46.0 Å². The van der Waals surface area contributed by atoms with Crippen molar-refractivity contribution in [3.05, 3.63) is 18.2 Å². The monoisotopic (exact) mass is 335 g/mol. The first-order chi connectivity index (χ1) is 11.5. The van der Waals surface area contributed by atoms with Gasteiger partial charge < -0.3 is 20.7 Å². The second-order valence-electron chi connectivity index (χ2n) is 5.74. The predicted octanol–water partition coefficient (Wildman–Crippen LogP) is 3.03. The quantitative estimate of drug-likeness (QED) is 0.644. The lowest BCUT2D eigenvalue weighted by Crippen LogP contribution is -2.32. The number of nitrogens with one attached hydrogen (secondary N) is 1. The van der Waals surface area contributed by atoms with Gasteiger partial charge in [-0.1, -0.05) is 13.8 Å². The number of carbonyl (C=O) groups excluding carboxylic acids is 2. The second-order valence-corrected chi connectivity index (χ2v) is 5.74. The lowest BCUT2D eigenvalue weighted by Gasteiger charge is -2.21. The molecule has 0 aromatic heterocycles. The smallest absolute Gasteiger partial charge is 0.224 e. The van der Waals surface area contributed by atoms with E-state index in [0.29, 0.717) is 36.4 Å². The molecule has 6 heteroatoms. The number of ether oxygens (including phenoxy) is 1. The Bertz CT molecular complexity index is 540. The fraction of sp³-hybridized carbons (Fsp3) is 0.556. The number of hydrogen-bond acceptors (Lipinski definition) is 4. The molecule has 0 aliphatic rings. The van der Waals surface area contributed by atoms with Crippen LogP contribution in [0, 0.1) is 0 Å². The molecule has 0 fully saturated rings. The Balaban J connectivity index is 2.40. The lowest BCUT2D eigenvalue weighted by molar-refractivity contribution is -0.131. The third kappa shape index (κ3) is 6.48. The summed E-state index contributed by atoms with van der Waals surface area (Å²) in [5, 5.41) is 2.79. The molecule has 1 aromatic carbocycles. The van der Waals surface area contributed by atoms with Gasteiger partial charge >= 0.3 is 0 Å². The summed E-state index contributed by atoms with van der Waals surface area (Å²) in [5.41, 5.74) is 6.91. The Morgan fingerprint density at radius 2 is 1.83 bits per heavy atom. The van der Waals surface area contributed by atoms with Gasteiger partial charge in [-0.25, -0.2) is 0 Å². The molecule has 6 nitrogen and oxygen atoms in total. The first kappa shape index (κ1) is 19.8. The zero-order valence-electron chi connectivity index (χ0n) is 14.9. The van der Waals surface area contributed by atoms with Gasteiger partial charge in [-0.05, 0) is 37.5 Å². The Hall–Kier alpha value is -2.24. The van der Waals surface area contributed by atoms with Crippen LogP contribution in [0.25, 0.3) is 0 Å². The maximum absolute atomic E-state index is 12.1. The molecule has 0 radical (unpaired) electrons. The minimum absolute atomic E-state index is 0.120. The summed E-state index contributed by atoms with van der Waals surface area (Å²) >= 11 is 0. The summed E-state index contributed by atoms with van der Waals surface area (Å²) in [5.74, 6) is 0.579. The highest BCUT2D eigenvalue weighted by atomic mass is 16.5. The Morgan fingerprint density at radius 1 is 1.17 bits per heavy atom. The molecule has 3 N–H and O–H groups in total. The first-order valence-corrected chi connectivity index (χ1v) is 8.52. The third-order valence-electron chi connectivity index (χ3n) is 3.65. The molecular weight excluding hydrogens is 306 g/mol. The highest BCUT2D eigenvalue weighted by Gasteiger charge is 2.12. The van der Waals surface area contributed by atoms with Crippen LogP contribution in [-0.4, -0.2) is 36.9 Å². The maximum atomic E-state index is 12.1. The van der Waals surface area contributed by atoms with E-state index in [4.69, 9.17) is 10.5 Å². The van der Waals surface area contributed by atoms with Crippen molar-refractivity contribution in [2.24, 2.45) is 0 Å². The number of rotatable bonds is 10. The summed E-state index contributed by atoms with van der Waals surface area (Å²) in [6, 6.07) is 5.11. The fourth-order valence-corrected chi connectivity index (χ4v) is 2.49. The summed E-state index contributed by atoms with van der Waals surface area (Å²) < 4.78 is 5.08. The van der Waals surface area contributed by atoms with Gasteiger partial charge in [0.2, 0.25) is 11.8 Å². The van der Waals surface area contributed by atoms with Crippen molar-refractivity contribution in [1.82, 2.24) is 4.90 Å². The molecule has 0 heterocycles. The molecule has 1 rings (SSSR count). The molecule has 0 saturated heterocycles. The number of nitrogens with zero attached hydrogens (tertiary/aromatic N) is 1. The molecule has 0 aliphatic heterocycles. The number of methoxy groups -OCH3 is 1. The van der Waals surface area contributed by atoms with Crippen molar-refractivity contribution < 1.29 is 14.3 Å². The molecule has 24 heavy (non-hydrogen) atoms. The molecule has 0 unspecified atom stereocenters. The molecule has 0 saturated carbocycles. The molecule has 0 bridgehead atoms. The van der Waals surface area contributed by atoms with Crippen molar-refractivity contribution in [3.8, 4) is 5.75 Å². The van der Waals surface area contributed by atoms with Crippen LogP contribution in [0.5, 0.6) is 5.75 Å². The van der Waals surface area contributed by atoms with E-state index < -0.39 is 0 Å². The highest BCUT2D eigenvalue weighted by Crippen LogP contribution is 2.24. The zero-order chi connectivity index (χ0) is 17.9. The van der Waals surface area contributed by atoms with Crippen molar-refractivity contribution in [3.63, 3.8) is 0 Å². The molecule has 134 valence electrons. The van der Waals surface area contributed by atoms with Crippen molar-refractivity contribution >= 4 is 23.2 Å². The van der Waals surface area contributed by atoms with Gasteiger partial charge in [-0.15, -0.1) is 0 Å². The van der Waals surface area contributed by atoms with Crippen molar-refractivity contribution in [1.29, 1.82) is 0 Å². The number of amides is 2. The SMILES string of the molecule is CCCN(CCC)C(=O)CCCC(=O)Nc1ccc(OC)c(N)c1. The molecule has 0 aliphatic carbocycles. The van der Waals surface area contributed by atoms with Crippen molar-refractivity contribution in [2.75, 3.05) is 31.2 Å². The largest absolute Gasteiger partial charge is 0.495 e. The molecule has 1 aromatic rings. The maximum Gasteiger partial charge on any atom is 0.224 e. The van der Waals surface area contributed by atoms with Crippen LogP contribution < -0.4 is 15.8 Å². The van der Waals surface area contributed by atoms with Crippen LogP contribution in [0.2, 0.25) is 0 Å². The number of anilines is 2. The summed E-state index contributed by atoms with van der Waals surface area (Å²) in [6.07, 6.45) is 3.15. The van der Waals surface area contributed by atoms with Crippen LogP contribution in [-0.2, 0) is 9.59 Å². The van der Waals surface area contributed by atoms with Gasteiger partial charge in [0.05, 0.1) is 12.8 Å². The van der Waals surface area contributed by atoms with Crippen molar-refractivity contribution in [2.45, 2.75) is 46.0 Å². The Morgan fingerprint density at radius 3 is 2.38 bits per heavy atom. The average molecular weight is 335 g/mol. The van der Waals surface area contributed by atoms with Gasteiger partial charge in [0, 0.05) is 31.6 Å². The Kier molecular flexibility index (Phi) is 8.68. The normalized spacial score (nSPS) is 10.3. The van der Waals surface area contributed by atoms with Gasteiger partial charge in [-0.3, -0.25) is 9.59 Å². The number of carbonyl (C=O) groups is 2. The second kappa shape index (κ2) is 10.5. The summed E-state index contributed by atoms with van der Waals surface area (Å²) in [7, 11) is 1.54. The topological polar surface area (TPSA) is 84.7 Å². The van der Waals surface area contributed by atoms with E-state index in [0.717, 1.165) is 25.9 Å². The van der Waals surface area contributed by atoms with E-state index in [1.54, 1.807) is 25.3 Å². The summed E-state index contributed by atoms with van der Waals surface area (Å²) in [6.45, 7) is 5.68. The van der Waals surface area contributed by atoms with Crippen LogP contribution in [0.4, 0.5) is 11.4 Å². The summed E-state index contributed by atoms with van der Waals surface area (Å²) in [4.78, 5) is 26.0. The number of nitrogen functional groups attached to an aromatic ring is 1. The lowest BCUT2D eigenvalue weighted by atomic mass is 10.2. The molecule has 0 atom stereocenters. The van der Waals surface area contributed by atoms with Gasteiger partial charge in [0.1, 0.15) is 5.75 Å². The van der Waals surface area contributed by atoms with E-state index >= 15 is 0 Å². The minimum atomic E-state index is -0.120. The first-order valence-electron chi connectivity index (χ1n) is 8.52. The molecule has 2 amide bonds. The van der Waals surface area contributed by atoms with Gasteiger partial charge in [0.15, 0.2) is 0 Å². The standard InChI is InChI=1S/C18H29N3O3/c1-4-11-21(12-5-2)18(23)8-6-7-17(22)20-14-9-10-16(24-3)15(19)13-14/h9-10,13H,4-8,11-12,19H2,1-3H3,(H,20,22). The predicted molar refractivity (Wildman–Crippen MR) is 97.0 cm³/mol. The Labute approximate surface area is 144 Å². The molecule has 0 spiro atoms. The van der Waals surface area contributed by atoms with E-state index in [1.807, 2.05) is 4.90 Å². The molecular formula is C18H29N3O3.